The van der Waals surface area contributed by atoms with Crippen molar-refractivity contribution in [3.63, 3.8) is 0 Å². The van der Waals surface area contributed by atoms with Gasteiger partial charge >= 0.3 is 0 Å². The molecule has 0 atom stereocenters. The molecule has 0 unspecified atom stereocenters. The Kier molecular flexibility index (Phi) is 5.69. The second kappa shape index (κ2) is 8.71. The summed E-state index contributed by atoms with van der Waals surface area (Å²) in [5.41, 5.74) is 3.92. The third kappa shape index (κ3) is 3.80. The Bertz CT molecular complexity index is 1610. The van der Waals surface area contributed by atoms with E-state index in [0.717, 1.165) is 16.5 Å². The summed E-state index contributed by atoms with van der Waals surface area (Å²) in [6.45, 7) is 4.15. The number of anilines is 1. The van der Waals surface area contributed by atoms with Crippen molar-refractivity contribution in [3.8, 4) is 6.07 Å². The minimum atomic E-state index is -3.83. The molecule has 9 heteroatoms. The fraction of sp³-hybridized carbons (Fsp3) is 0.269. The number of ketones is 1. The van der Waals surface area contributed by atoms with Gasteiger partial charge in [0.1, 0.15) is 11.4 Å². The van der Waals surface area contributed by atoms with E-state index in [2.05, 4.69) is 11.2 Å². The van der Waals surface area contributed by atoms with Crippen LogP contribution in [0.15, 0.2) is 59.6 Å². The number of rotatable bonds is 7. The number of sulfonamides is 1. The highest BCUT2D eigenvalue weighted by Gasteiger charge is 2.35. The Morgan fingerprint density at radius 3 is 2.66 bits per heavy atom. The Morgan fingerprint density at radius 2 is 1.86 bits per heavy atom. The zero-order chi connectivity index (χ0) is 24.7. The van der Waals surface area contributed by atoms with Crippen LogP contribution in [0.4, 0.5) is 5.69 Å². The lowest BCUT2D eigenvalue weighted by Gasteiger charge is -2.19. The smallest absolute Gasteiger partial charge is 0.268 e. The first-order chi connectivity index (χ1) is 16.8. The summed E-state index contributed by atoms with van der Waals surface area (Å²) in [5.74, 6) is -0.169. The van der Waals surface area contributed by atoms with E-state index in [-0.39, 0.29) is 17.2 Å². The number of carbonyl (C=O) groups is 1. The average molecular weight is 488 g/mol. The predicted octanol–water partition coefficient (Wildman–Crippen LogP) is 4.00. The van der Waals surface area contributed by atoms with E-state index in [4.69, 9.17) is 5.26 Å². The highest BCUT2D eigenvalue weighted by atomic mass is 32.2. The number of aryl methyl sites for hydroxylation is 2. The topological polar surface area (TPSA) is 101 Å². The van der Waals surface area contributed by atoms with Crippen molar-refractivity contribution in [2.45, 2.75) is 44.7 Å². The predicted molar refractivity (Wildman–Crippen MR) is 133 cm³/mol. The van der Waals surface area contributed by atoms with Gasteiger partial charge in [-0.1, -0.05) is 36.4 Å². The standard InChI is InChI=1S/C26H25N5O3S/c1-18-26(35(33,34)31-15-12-20-8-3-5-10-23(20)31)19(2)30(28-18)17-25(32)22-16-29(14-7-13-27)24-11-6-4-9-21(22)24/h3-6,8-11,16H,7,12,14-15,17H2,1-2H3. The molecule has 2 aromatic heterocycles. The van der Waals surface area contributed by atoms with E-state index in [9.17, 15) is 13.2 Å². The number of hydrogen-bond acceptors (Lipinski definition) is 5. The largest absolute Gasteiger partial charge is 0.346 e. The maximum atomic E-state index is 13.6. The van der Waals surface area contributed by atoms with Crippen LogP contribution in [0.5, 0.6) is 0 Å². The molecule has 0 aliphatic carbocycles. The molecule has 1 aliphatic heterocycles. The zero-order valence-electron chi connectivity index (χ0n) is 19.6. The van der Waals surface area contributed by atoms with Crippen molar-refractivity contribution in [1.29, 1.82) is 5.26 Å². The van der Waals surface area contributed by atoms with Gasteiger partial charge in [0.2, 0.25) is 0 Å². The van der Waals surface area contributed by atoms with E-state index < -0.39 is 10.0 Å². The molecule has 8 nitrogen and oxygen atoms in total. The molecule has 0 saturated carbocycles. The third-order valence-corrected chi connectivity index (χ3v) is 8.62. The summed E-state index contributed by atoms with van der Waals surface area (Å²) >= 11 is 0. The monoisotopic (exact) mass is 487 g/mol. The maximum absolute atomic E-state index is 13.6. The Morgan fingerprint density at radius 1 is 1.11 bits per heavy atom. The van der Waals surface area contributed by atoms with Crippen LogP contribution in [0.25, 0.3) is 10.9 Å². The van der Waals surface area contributed by atoms with Crippen LogP contribution in [0, 0.1) is 25.2 Å². The molecule has 0 N–H and O–H groups in total. The van der Waals surface area contributed by atoms with E-state index >= 15 is 0 Å². The van der Waals surface area contributed by atoms with E-state index in [0.29, 0.717) is 48.6 Å². The van der Waals surface area contributed by atoms with Crippen molar-refractivity contribution in [2.24, 2.45) is 0 Å². The van der Waals surface area contributed by atoms with E-state index in [1.807, 2.05) is 53.1 Å². The van der Waals surface area contributed by atoms with Crippen LogP contribution < -0.4 is 4.31 Å². The van der Waals surface area contributed by atoms with E-state index in [1.165, 1.54) is 8.99 Å². The minimum absolute atomic E-state index is 0.0783. The van der Waals surface area contributed by atoms with E-state index in [1.54, 1.807) is 20.0 Å². The number of carbonyl (C=O) groups excluding carboxylic acids is 1. The molecule has 0 saturated heterocycles. The van der Waals surface area contributed by atoms with Gasteiger partial charge in [-0.3, -0.25) is 13.8 Å². The van der Waals surface area contributed by atoms with Crippen LogP contribution >= 0.6 is 0 Å². The van der Waals surface area contributed by atoms with Crippen molar-refractivity contribution in [1.82, 2.24) is 14.3 Å². The minimum Gasteiger partial charge on any atom is -0.346 e. The lowest BCUT2D eigenvalue weighted by Crippen LogP contribution is -2.30. The number of aromatic nitrogens is 3. The molecule has 0 bridgehead atoms. The molecule has 35 heavy (non-hydrogen) atoms. The Balaban J connectivity index is 1.48. The number of nitriles is 1. The second-order valence-electron chi connectivity index (χ2n) is 8.70. The molecule has 0 fully saturated rings. The first kappa shape index (κ1) is 22.9. The summed E-state index contributed by atoms with van der Waals surface area (Å²) in [4.78, 5) is 13.5. The molecule has 0 radical (unpaired) electrons. The molecule has 4 aromatic rings. The van der Waals surface area contributed by atoms with Gasteiger partial charge < -0.3 is 4.57 Å². The summed E-state index contributed by atoms with van der Waals surface area (Å²) < 4.78 is 32.1. The van der Waals surface area contributed by atoms with Gasteiger partial charge in [-0.2, -0.15) is 10.4 Å². The molecule has 178 valence electrons. The molecular weight excluding hydrogens is 462 g/mol. The highest BCUT2D eigenvalue weighted by molar-refractivity contribution is 7.93. The fourth-order valence-electron chi connectivity index (χ4n) is 4.92. The van der Waals surface area contributed by atoms with Crippen molar-refractivity contribution >= 4 is 32.4 Å². The summed E-state index contributed by atoms with van der Waals surface area (Å²) in [6.07, 6.45) is 2.77. The number of para-hydroxylation sites is 2. The molecule has 0 spiro atoms. The SMILES string of the molecule is Cc1nn(CC(=O)c2cn(CCC#N)c3ccccc23)c(C)c1S(=O)(=O)N1CCc2ccccc21. The normalized spacial score (nSPS) is 13.2. The van der Waals surface area contributed by atoms with Crippen LogP contribution in [-0.2, 0) is 29.5 Å². The Labute approximate surface area is 204 Å². The summed E-state index contributed by atoms with van der Waals surface area (Å²) in [6, 6.07) is 17.2. The quantitative estimate of drug-likeness (QED) is 0.367. The number of benzene rings is 2. The van der Waals surface area contributed by atoms with Crippen molar-refractivity contribution < 1.29 is 13.2 Å². The van der Waals surface area contributed by atoms with Crippen molar-refractivity contribution in [3.05, 3.63) is 77.2 Å². The second-order valence-corrected chi connectivity index (χ2v) is 10.5. The van der Waals surface area contributed by atoms with Gasteiger partial charge in [-0.25, -0.2) is 8.42 Å². The van der Waals surface area contributed by atoms with Crippen molar-refractivity contribution in [2.75, 3.05) is 10.8 Å². The highest BCUT2D eigenvalue weighted by Crippen LogP contribution is 2.34. The van der Waals surface area contributed by atoms with Crippen LogP contribution in [-0.4, -0.2) is 35.1 Å². The van der Waals surface area contributed by atoms with Crippen LogP contribution in [0.2, 0.25) is 0 Å². The van der Waals surface area contributed by atoms with Crippen LogP contribution in [0.3, 0.4) is 0 Å². The molecule has 5 rings (SSSR count). The molecular formula is C26H25N5O3S. The fourth-order valence-corrected chi connectivity index (χ4v) is 6.80. The van der Waals surface area contributed by atoms with Gasteiger partial charge in [0.15, 0.2) is 5.78 Å². The lowest BCUT2D eigenvalue weighted by molar-refractivity contribution is 0.0968. The Hall–Kier alpha value is -3.90. The number of fused-ring (bicyclic) bond motifs is 2. The van der Waals surface area contributed by atoms with Gasteiger partial charge in [0, 0.05) is 35.8 Å². The number of nitrogens with zero attached hydrogens (tertiary/aromatic N) is 5. The summed E-state index contributed by atoms with van der Waals surface area (Å²) in [7, 11) is -3.83. The molecule has 2 aromatic carbocycles. The molecule has 1 aliphatic rings. The lowest BCUT2D eigenvalue weighted by atomic mass is 10.1. The van der Waals surface area contributed by atoms with Gasteiger partial charge in [0.05, 0.1) is 29.6 Å². The first-order valence-electron chi connectivity index (χ1n) is 11.5. The number of hydrogen-bond donors (Lipinski definition) is 0. The number of Topliss-reactive ketones (excluding diaryl/α,β-unsaturated/α-hetero) is 1. The zero-order valence-corrected chi connectivity index (χ0v) is 20.4. The first-order valence-corrected chi connectivity index (χ1v) is 12.9. The molecule has 0 amide bonds. The van der Waals surface area contributed by atoms with Gasteiger partial charge in [-0.05, 0) is 38.0 Å². The van der Waals surface area contributed by atoms with Crippen LogP contribution in [0.1, 0.15) is 33.7 Å². The van der Waals surface area contributed by atoms with Gasteiger partial charge in [-0.15, -0.1) is 0 Å². The average Bonchev–Trinajstić information content (AvgIpc) is 3.52. The third-order valence-electron chi connectivity index (χ3n) is 6.55. The maximum Gasteiger partial charge on any atom is 0.268 e. The molecule has 3 heterocycles. The van der Waals surface area contributed by atoms with Gasteiger partial charge in [0.25, 0.3) is 10.0 Å². The summed E-state index contributed by atoms with van der Waals surface area (Å²) in [5, 5.41) is 14.2.